The van der Waals surface area contributed by atoms with Gasteiger partial charge < -0.3 is 20.3 Å². The molecular weight excluding hydrogens is 496 g/mol. The molecule has 4 atom stereocenters. The molecule has 1 aromatic carbocycles. The highest BCUT2D eigenvalue weighted by Crippen LogP contribution is 2.67. The molecule has 37 heavy (non-hydrogen) atoms. The number of benzene rings is 1. The molecule has 3 aliphatic carbocycles. The predicted octanol–water partition coefficient (Wildman–Crippen LogP) is 0.946. The fourth-order valence-corrected chi connectivity index (χ4v) is 7.75. The van der Waals surface area contributed by atoms with Gasteiger partial charge in [-0.05, 0) is 70.0 Å². The minimum Gasteiger partial charge on any atom is -0.504 e. The van der Waals surface area contributed by atoms with Crippen molar-refractivity contribution >= 4 is 16.1 Å². The van der Waals surface area contributed by atoms with E-state index >= 15 is 0 Å². The van der Waals surface area contributed by atoms with Gasteiger partial charge in [0.2, 0.25) is 5.91 Å². The Morgan fingerprint density at radius 1 is 1.30 bits per heavy atom. The number of carbonyl (C=O) groups is 1. The van der Waals surface area contributed by atoms with Gasteiger partial charge in [-0.1, -0.05) is 6.07 Å². The summed E-state index contributed by atoms with van der Waals surface area (Å²) in [6, 6.07) is 3.05. The van der Waals surface area contributed by atoms with Crippen molar-refractivity contribution in [2.24, 2.45) is 11.8 Å². The number of ether oxygens (including phenoxy) is 1. The molecular formula is C26H36N4O6S. The fraction of sp³-hybridized carbons (Fsp3) is 0.654. The van der Waals surface area contributed by atoms with Gasteiger partial charge in [0.1, 0.15) is 5.76 Å². The lowest BCUT2D eigenvalue weighted by Crippen LogP contribution is -2.74. The van der Waals surface area contributed by atoms with Gasteiger partial charge in [0, 0.05) is 38.3 Å². The van der Waals surface area contributed by atoms with Gasteiger partial charge in [-0.15, -0.1) is 0 Å². The molecule has 2 bridgehead atoms. The number of amides is 1. The minimum atomic E-state index is -4.00. The van der Waals surface area contributed by atoms with Gasteiger partial charge in [-0.3, -0.25) is 14.4 Å². The Kier molecular flexibility index (Phi) is 5.45. The van der Waals surface area contributed by atoms with Crippen molar-refractivity contribution in [1.82, 2.24) is 19.2 Å². The van der Waals surface area contributed by atoms with Crippen LogP contribution in [-0.2, 0) is 26.8 Å². The number of nitrogens with zero attached hydrogens (tertiary/aromatic N) is 2. The van der Waals surface area contributed by atoms with Crippen LogP contribution in [0.3, 0.4) is 0 Å². The Labute approximate surface area is 217 Å². The zero-order valence-corrected chi connectivity index (χ0v) is 22.6. The molecule has 1 unspecified atom stereocenters. The highest BCUT2D eigenvalue weighted by atomic mass is 32.2. The average Bonchev–Trinajstić information content (AvgIpc) is 3.55. The topological polar surface area (TPSA) is 131 Å². The number of aliphatic hydroxyl groups is 1. The van der Waals surface area contributed by atoms with Crippen molar-refractivity contribution in [3.63, 3.8) is 0 Å². The summed E-state index contributed by atoms with van der Waals surface area (Å²) < 4.78 is 36.2. The van der Waals surface area contributed by atoms with Crippen LogP contribution in [0, 0.1) is 11.8 Å². The predicted molar refractivity (Wildman–Crippen MR) is 136 cm³/mol. The molecule has 202 valence electrons. The molecule has 2 heterocycles. The first-order valence-corrected chi connectivity index (χ1v) is 14.6. The highest BCUT2D eigenvalue weighted by Gasteiger charge is 2.72. The number of phenols is 1. The van der Waals surface area contributed by atoms with E-state index in [0.29, 0.717) is 25.3 Å². The molecule has 2 aliphatic heterocycles. The van der Waals surface area contributed by atoms with Crippen LogP contribution in [0.15, 0.2) is 23.6 Å². The first kappa shape index (κ1) is 25.0. The summed E-state index contributed by atoms with van der Waals surface area (Å²) in [5.74, 6) is -0.296. The number of phenolic OH excluding ortho intramolecular Hbond substituents is 1. The van der Waals surface area contributed by atoms with Gasteiger partial charge in [-0.25, -0.2) is 0 Å². The van der Waals surface area contributed by atoms with Crippen molar-refractivity contribution in [1.29, 1.82) is 0 Å². The third kappa shape index (κ3) is 3.47. The number of hydrogen-bond donors (Lipinski definition) is 4. The molecule has 6 rings (SSSR count). The second-order valence-electron chi connectivity index (χ2n) is 11.8. The van der Waals surface area contributed by atoms with Crippen LogP contribution >= 0.6 is 0 Å². The van der Waals surface area contributed by atoms with Crippen molar-refractivity contribution in [3.05, 3.63) is 34.7 Å². The van der Waals surface area contributed by atoms with Crippen LogP contribution in [0.1, 0.15) is 50.7 Å². The van der Waals surface area contributed by atoms with Crippen LogP contribution < -0.4 is 14.8 Å². The largest absolute Gasteiger partial charge is 0.504 e. The number of piperidine rings is 1. The summed E-state index contributed by atoms with van der Waals surface area (Å²) in [5.41, 5.74) is -0.588. The lowest BCUT2D eigenvalue weighted by Gasteiger charge is -2.62. The maximum Gasteiger partial charge on any atom is 0.301 e. The number of carbonyl (C=O) groups excluding carboxylic acids is 1. The SMILES string of the molecule is CC(C)NC(=O)C1C[C@@]2(O)[C@H]3Cc4ccc(O)c5c4[C@@]2(CCN3CC2CC2)C(=C1NS(=O)(=O)N(C)C)O5. The standard InChI is InChI=1S/C26H36N4O6S/c1-14(2)27-24(32)17-12-26(33)19-11-16-7-8-18(31)22-20(16)25(26,9-10-30(19)13-15-5-6-15)23(36-22)21(17)28-37(34,35)29(3)4/h7-8,14-15,17,19,28,31,33H,5-6,9-13H2,1-4H3,(H,27,32)/t17?,19-,25+,26-/m1/s1. The lowest BCUT2D eigenvalue weighted by atomic mass is 9.49. The summed E-state index contributed by atoms with van der Waals surface area (Å²) in [7, 11) is -1.17. The van der Waals surface area contributed by atoms with E-state index in [-0.39, 0.29) is 47.4 Å². The second kappa shape index (κ2) is 8.08. The molecule has 0 radical (unpaired) electrons. The van der Waals surface area contributed by atoms with Crippen LogP contribution in [0.4, 0.5) is 0 Å². The Balaban J connectivity index is 1.59. The third-order valence-corrected chi connectivity index (χ3v) is 10.4. The Morgan fingerprint density at radius 2 is 2.03 bits per heavy atom. The number of aromatic hydroxyl groups is 1. The molecule has 10 nitrogen and oxygen atoms in total. The smallest absolute Gasteiger partial charge is 0.301 e. The zero-order valence-electron chi connectivity index (χ0n) is 21.7. The molecule has 1 saturated heterocycles. The van der Waals surface area contributed by atoms with Gasteiger partial charge in [0.05, 0.1) is 22.6 Å². The van der Waals surface area contributed by atoms with Gasteiger partial charge in [0.15, 0.2) is 11.5 Å². The van der Waals surface area contributed by atoms with Crippen LogP contribution in [-0.4, -0.2) is 78.6 Å². The van der Waals surface area contributed by atoms with E-state index < -0.39 is 27.1 Å². The molecule has 5 aliphatic rings. The van der Waals surface area contributed by atoms with Gasteiger partial charge >= 0.3 is 10.2 Å². The molecule has 0 aromatic heterocycles. The van der Waals surface area contributed by atoms with Gasteiger partial charge in [0.25, 0.3) is 0 Å². The van der Waals surface area contributed by atoms with Crippen LogP contribution in [0.2, 0.25) is 0 Å². The summed E-state index contributed by atoms with van der Waals surface area (Å²) >= 11 is 0. The molecule has 1 spiro atoms. The van der Waals surface area contributed by atoms with Crippen LogP contribution in [0.5, 0.6) is 11.5 Å². The maximum absolute atomic E-state index is 13.6. The first-order chi connectivity index (χ1) is 17.4. The number of nitrogens with one attached hydrogen (secondary N) is 2. The second-order valence-corrected chi connectivity index (χ2v) is 13.7. The van der Waals surface area contributed by atoms with E-state index in [9.17, 15) is 23.4 Å². The molecule has 1 saturated carbocycles. The Morgan fingerprint density at radius 3 is 2.68 bits per heavy atom. The van der Waals surface area contributed by atoms with E-state index in [1.54, 1.807) is 6.07 Å². The quantitative estimate of drug-likeness (QED) is 0.411. The summed E-state index contributed by atoms with van der Waals surface area (Å²) in [6.45, 7) is 5.28. The third-order valence-electron chi connectivity index (χ3n) is 8.93. The Bertz CT molecular complexity index is 1310. The van der Waals surface area contributed by atoms with Crippen molar-refractivity contribution in [3.8, 4) is 11.5 Å². The number of likely N-dealkylation sites (tertiary alicyclic amines) is 1. The molecule has 11 heteroatoms. The average molecular weight is 533 g/mol. The van der Waals surface area contributed by atoms with Crippen molar-refractivity contribution in [2.45, 2.75) is 69.1 Å². The minimum absolute atomic E-state index is 0.0457. The number of hydrogen-bond acceptors (Lipinski definition) is 7. The Hall–Kier alpha value is -2.34. The summed E-state index contributed by atoms with van der Waals surface area (Å²) in [4.78, 5) is 15.9. The van der Waals surface area contributed by atoms with E-state index in [2.05, 4.69) is 14.9 Å². The molecule has 1 amide bonds. The molecule has 2 fully saturated rings. The van der Waals surface area contributed by atoms with Crippen LogP contribution in [0.25, 0.3) is 0 Å². The first-order valence-electron chi connectivity index (χ1n) is 13.1. The summed E-state index contributed by atoms with van der Waals surface area (Å²) in [5, 5.41) is 26.5. The summed E-state index contributed by atoms with van der Waals surface area (Å²) in [6.07, 6.45) is 3.49. The molecule has 4 N–H and O–H groups in total. The monoisotopic (exact) mass is 532 g/mol. The zero-order chi connectivity index (χ0) is 26.5. The van der Waals surface area contributed by atoms with E-state index in [1.165, 1.54) is 26.9 Å². The fourth-order valence-electron chi connectivity index (χ4n) is 7.06. The number of rotatable bonds is 7. The molecule has 1 aromatic rings. The van der Waals surface area contributed by atoms with E-state index in [4.69, 9.17) is 4.74 Å². The lowest BCUT2D eigenvalue weighted by molar-refractivity contribution is -0.160. The van der Waals surface area contributed by atoms with Gasteiger partial charge in [-0.2, -0.15) is 12.7 Å². The van der Waals surface area contributed by atoms with Crippen molar-refractivity contribution in [2.75, 3.05) is 27.2 Å². The van der Waals surface area contributed by atoms with Crippen molar-refractivity contribution < 1.29 is 28.2 Å². The normalized spacial score (nSPS) is 32.4. The highest BCUT2D eigenvalue weighted by molar-refractivity contribution is 7.87. The van der Waals surface area contributed by atoms with E-state index in [0.717, 1.165) is 22.0 Å². The van der Waals surface area contributed by atoms with E-state index in [1.807, 2.05) is 19.9 Å². The maximum atomic E-state index is 13.6.